The fourth-order valence-corrected chi connectivity index (χ4v) is 4.04. The maximum absolute atomic E-state index is 15.1. The lowest BCUT2D eigenvalue weighted by Gasteiger charge is -2.28. The molecular formula is C30H41FN8O7. The van der Waals surface area contributed by atoms with Crippen molar-refractivity contribution in [3.63, 3.8) is 0 Å². The summed E-state index contributed by atoms with van der Waals surface area (Å²) in [6, 6.07) is 4.66. The van der Waals surface area contributed by atoms with E-state index in [0.717, 1.165) is 10.6 Å². The quantitative estimate of drug-likeness (QED) is 0.120. The van der Waals surface area contributed by atoms with Gasteiger partial charge in [0, 0.05) is 55.0 Å². The van der Waals surface area contributed by atoms with Gasteiger partial charge in [-0.2, -0.15) is 0 Å². The topological polar surface area (TPSA) is 195 Å². The van der Waals surface area contributed by atoms with Gasteiger partial charge >= 0.3 is 18.3 Å². The number of carbonyl (C=O) groups excluding carboxylic acids is 3. The summed E-state index contributed by atoms with van der Waals surface area (Å²) < 4.78 is 30.7. The van der Waals surface area contributed by atoms with Crippen LogP contribution in [-0.4, -0.2) is 82.3 Å². The van der Waals surface area contributed by atoms with Crippen molar-refractivity contribution in [2.24, 2.45) is 10.9 Å². The Bertz CT molecular complexity index is 1400. The zero-order chi connectivity index (χ0) is 34.1. The molecule has 1 aliphatic rings. The largest absolute Gasteiger partial charge is 0.444 e. The van der Waals surface area contributed by atoms with Gasteiger partial charge in [-0.15, -0.1) is 0 Å². The molecule has 0 saturated carbocycles. The monoisotopic (exact) mass is 644 g/mol. The van der Waals surface area contributed by atoms with Gasteiger partial charge in [-0.25, -0.2) is 33.6 Å². The number of amides is 3. The van der Waals surface area contributed by atoms with Crippen LogP contribution in [0.1, 0.15) is 59.9 Å². The summed E-state index contributed by atoms with van der Waals surface area (Å²) in [5.41, 5.74) is 5.09. The number of hydrogen-bond acceptors (Lipinski definition) is 12. The first-order chi connectivity index (χ1) is 21.5. The maximum Gasteiger partial charge on any atom is 0.419 e. The second-order valence-corrected chi connectivity index (χ2v) is 12.3. The Kier molecular flexibility index (Phi) is 11.8. The van der Waals surface area contributed by atoms with Crippen LogP contribution >= 0.6 is 0 Å². The predicted molar refractivity (Wildman–Crippen MR) is 167 cm³/mol. The Morgan fingerprint density at radius 1 is 1.04 bits per heavy atom. The molecular weight excluding hydrogens is 603 g/mol. The third-order valence-electron chi connectivity index (χ3n) is 6.07. The number of imide groups is 1. The van der Waals surface area contributed by atoms with Crippen molar-refractivity contribution in [1.29, 1.82) is 5.41 Å². The molecule has 0 radical (unpaired) electrons. The lowest BCUT2D eigenvalue weighted by atomic mass is 10.1. The van der Waals surface area contributed by atoms with Crippen molar-refractivity contribution >= 4 is 35.9 Å². The molecule has 250 valence electrons. The minimum absolute atomic E-state index is 0.0498. The van der Waals surface area contributed by atoms with E-state index in [1.54, 1.807) is 53.7 Å². The third-order valence-corrected chi connectivity index (χ3v) is 6.07. The van der Waals surface area contributed by atoms with E-state index in [1.807, 2.05) is 10.2 Å². The molecule has 0 aliphatic carbocycles. The lowest BCUT2D eigenvalue weighted by Crippen LogP contribution is -2.45. The molecule has 1 saturated heterocycles. The fraction of sp³-hybridized carbons (Fsp3) is 0.500. The standard InChI is InChI=1S/C30H41FN8O7/c1-29(2,3)45-27(41)39(28(42)46-30(4,5)6)14-15-44-37-21-10-12-38(13-11-21)25-34-16-20(17-35-25)22-9-7-8-19(23(22)31)18-43-26(40)36-24(32)33/h7-9,16-17H,10-15,18H2,1-6H3,(H4,32,33,36,40). The Labute approximate surface area is 266 Å². The Balaban J connectivity index is 1.53. The third kappa shape index (κ3) is 11.2. The van der Waals surface area contributed by atoms with Gasteiger partial charge < -0.3 is 29.7 Å². The van der Waals surface area contributed by atoms with Crippen molar-refractivity contribution in [3.8, 4) is 11.1 Å². The SMILES string of the molecule is CC(C)(C)OC(=O)N(CCON=C1CCN(c2ncc(-c3cccc(COC(=O)NC(=N)N)c3F)cn2)CC1)C(=O)OC(C)(C)C. The van der Waals surface area contributed by atoms with Gasteiger partial charge in [0.1, 0.15) is 30.2 Å². The molecule has 15 nitrogen and oxygen atoms in total. The maximum atomic E-state index is 15.1. The molecule has 2 aromatic rings. The second kappa shape index (κ2) is 15.3. The van der Waals surface area contributed by atoms with E-state index >= 15 is 4.39 Å². The van der Waals surface area contributed by atoms with E-state index in [2.05, 4.69) is 15.1 Å². The van der Waals surface area contributed by atoms with Crippen LogP contribution in [0.5, 0.6) is 0 Å². The van der Waals surface area contributed by atoms with Crippen molar-refractivity contribution in [2.45, 2.75) is 72.2 Å². The summed E-state index contributed by atoms with van der Waals surface area (Å²) in [7, 11) is 0. The number of hydrogen-bond donors (Lipinski definition) is 3. The molecule has 0 bridgehead atoms. The summed E-state index contributed by atoms with van der Waals surface area (Å²) in [5.74, 6) is -0.703. The number of guanidine groups is 1. The predicted octanol–water partition coefficient (Wildman–Crippen LogP) is 4.55. The summed E-state index contributed by atoms with van der Waals surface area (Å²) in [5, 5.41) is 13.2. The number of oxime groups is 1. The van der Waals surface area contributed by atoms with Crippen molar-refractivity contribution < 1.29 is 37.8 Å². The molecule has 1 aliphatic heterocycles. The Morgan fingerprint density at radius 3 is 2.17 bits per heavy atom. The van der Waals surface area contributed by atoms with E-state index in [1.165, 1.54) is 18.5 Å². The second-order valence-electron chi connectivity index (χ2n) is 12.3. The first-order valence-electron chi connectivity index (χ1n) is 14.6. The number of anilines is 1. The van der Waals surface area contributed by atoms with E-state index in [4.69, 9.17) is 30.2 Å². The molecule has 16 heteroatoms. The number of rotatable bonds is 8. The van der Waals surface area contributed by atoms with Gasteiger partial charge in [0.15, 0.2) is 5.96 Å². The number of nitrogens with zero attached hydrogens (tertiary/aromatic N) is 5. The van der Waals surface area contributed by atoms with Gasteiger partial charge in [0.2, 0.25) is 5.95 Å². The molecule has 46 heavy (non-hydrogen) atoms. The summed E-state index contributed by atoms with van der Waals surface area (Å²) in [6.45, 7) is 10.8. The summed E-state index contributed by atoms with van der Waals surface area (Å²) in [4.78, 5) is 53.9. The Hall–Kier alpha value is -5.02. The summed E-state index contributed by atoms with van der Waals surface area (Å²) >= 11 is 0. The van der Waals surface area contributed by atoms with Gasteiger partial charge in [-0.05, 0) is 41.5 Å². The first kappa shape index (κ1) is 35.5. The van der Waals surface area contributed by atoms with Crippen LogP contribution in [0.3, 0.4) is 0 Å². The van der Waals surface area contributed by atoms with Gasteiger partial charge in [-0.1, -0.05) is 23.4 Å². The molecule has 1 aromatic carbocycles. The average Bonchev–Trinajstić information content (AvgIpc) is 2.95. The van der Waals surface area contributed by atoms with Crippen LogP contribution in [0.4, 0.5) is 24.7 Å². The number of nitrogens with one attached hydrogen (secondary N) is 2. The van der Waals surface area contributed by atoms with E-state index in [0.29, 0.717) is 37.4 Å². The van der Waals surface area contributed by atoms with Gasteiger partial charge in [0.05, 0.1) is 12.3 Å². The fourth-order valence-electron chi connectivity index (χ4n) is 4.04. The molecule has 1 fully saturated rings. The normalized spacial score (nSPS) is 13.4. The van der Waals surface area contributed by atoms with Crippen LogP contribution in [0.15, 0.2) is 35.7 Å². The van der Waals surface area contributed by atoms with Crippen LogP contribution < -0.4 is 16.0 Å². The molecule has 0 atom stereocenters. The number of benzene rings is 1. The minimum Gasteiger partial charge on any atom is -0.444 e. The number of aromatic nitrogens is 2. The van der Waals surface area contributed by atoms with Crippen LogP contribution in [0.25, 0.3) is 11.1 Å². The molecule has 3 amide bonds. The number of halogens is 1. The van der Waals surface area contributed by atoms with Gasteiger partial charge in [0.25, 0.3) is 0 Å². The van der Waals surface area contributed by atoms with Crippen molar-refractivity contribution in [3.05, 3.63) is 42.0 Å². The highest BCUT2D eigenvalue weighted by Crippen LogP contribution is 2.26. The number of carbonyl (C=O) groups is 3. The molecule has 3 rings (SSSR count). The smallest absolute Gasteiger partial charge is 0.419 e. The molecule has 0 unspecified atom stereocenters. The van der Waals surface area contributed by atoms with E-state index in [-0.39, 0.29) is 30.9 Å². The van der Waals surface area contributed by atoms with Crippen LogP contribution in [0, 0.1) is 11.2 Å². The number of nitrogens with two attached hydrogens (primary N) is 1. The number of alkyl carbamates (subject to hydrolysis) is 1. The number of ether oxygens (including phenoxy) is 3. The van der Waals surface area contributed by atoms with E-state index < -0.39 is 41.3 Å². The minimum atomic E-state index is -0.964. The molecule has 2 heterocycles. The molecule has 4 N–H and O–H groups in total. The van der Waals surface area contributed by atoms with E-state index in [9.17, 15) is 14.4 Å². The molecule has 0 spiro atoms. The zero-order valence-corrected chi connectivity index (χ0v) is 26.9. The van der Waals surface area contributed by atoms with Gasteiger partial charge in [-0.3, -0.25) is 10.7 Å². The summed E-state index contributed by atoms with van der Waals surface area (Å²) in [6.07, 6.45) is 1.54. The average molecular weight is 645 g/mol. The Morgan fingerprint density at radius 2 is 1.63 bits per heavy atom. The highest BCUT2D eigenvalue weighted by Gasteiger charge is 2.31. The van der Waals surface area contributed by atoms with Crippen LogP contribution in [0.2, 0.25) is 0 Å². The molecule has 1 aromatic heterocycles. The first-order valence-corrected chi connectivity index (χ1v) is 14.6. The highest BCUT2D eigenvalue weighted by molar-refractivity contribution is 5.91. The zero-order valence-electron chi connectivity index (χ0n) is 26.9. The van der Waals surface area contributed by atoms with Crippen LogP contribution in [-0.2, 0) is 25.7 Å². The van der Waals surface area contributed by atoms with Crippen molar-refractivity contribution in [2.75, 3.05) is 31.1 Å². The number of piperidine rings is 1. The lowest BCUT2D eigenvalue weighted by molar-refractivity contribution is -0.00441. The highest BCUT2D eigenvalue weighted by atomic mass is 19.1. The van der Waals surface area contributed by atoms with Crippen molar-refractivity contribution in [1.82, 2.24) is 20.2 Å².